The summed E-state index contributed by atoms with van der Waals surface area (Å²) in [5.74, 6) is 0.377. The first-order valence-corrected chi connectivity index (χ1v) is 7.71. The van der Waals surface area contributed by atoms with Crippen molar-refractivity contribution in [2.24, 2.45) is 0 Å². The maximum atomic E-state index is 12.2. The van der Waals surface area contributed by atoms with Gasteiger partial charge in [-0.25, -0.2) is 18.1 Å². The van der Waals surface area contributed by atoms with Crippen molar-refractivity contribution in [2.45, 2.75) is 31.3 Å². The SMILES string of the molecule is CCCNc1ncccc1S(=O)(=O)NCC(C)OC. The molecule has 1 rings (SSSR count). The van der Waals surface area contributed by atoms with E-state index in [1.54, 1.807) is 19.2 Å². The van der Waals surface area contributed by atoms with Crippen molar-refractivity contribution in [1.29, 1.82) is 0 Å². The smallest absolute Gasteiger partial charge is 0.244 e. The van der Waals surface area contributed by atoms with Crippen molar-refractivity contribution in [2.75, 3.05) is 25.5 Å². The van der Waals surface area contributed by atoms with Gasteiger partial charge < -0.3 is 10.1 Å². The molecule has 0 aromatic carbocycles. The molecule has 0 aliphatic carbocycles. The van der Waals surface area contributed by atoms with Gasteiger partial charge in [-0.05, 0) is 25.5 Å². The second kappa shape index (κ2) is 7.42. The summed E-state index contributed by atoms with van der Waals surface area (Å²) in [6.45, 7) is 4.69. The second-order valence-electron chi connectivity index (χ2n) is 4.18. The number of rotatable bonds is 8. The van der Waals surface area contributed by atoms with Gasteiger partial charge in [0.1, 0.15) is 10.7 Å². The Morgan fingerprint density at radius 2 is 2.21 bits per heavy atom. The number of hydrogen-bond acceptors (Lipinski definition) is 5. The van der Waals surface area contributed by atoms with Crippen LogP contribution in [0.25, 0.3) is 0 Å². The molecule has 0 spiro atoms. The topological polar surface area (TPSA) is 80.3 Å². The maximum Gasteiger partial charge on any atom is 0.244 e. The minimum atomic E-state index is -3.58. The normalized spacial score (nSPS) is 13.2. The molecular formula is C12H21N3O3S. The molecule has 6 nitrogen and oxygen atoms in total. The molecule has 0 saturated carbocycles. The molecule has 0 radical (unpaired) electrons. The Bertz CT molecular complexity index is 491. The first-order chi connectivity index (χ1) is 9.01. The van der Waals surface area contributed by atoms with Crippen molar-refractivity contribution in [3.05, 3.63) is 18.3 Å². The minimum Gasteiger partial charge on any atom is -0.380 e. The van der Waals surface area contributed by atoms with E-state index in [-0.39, 0.29) is 17.5 Å². The van der Waals surface area contributed by atoms with Crippen molar-refractivity contribution in [1.82, 2.24) is 9.71 Å². The predicted molar refractivity (Wildman–Crippen MR) is 74.7 cm³/mol. The lowest BCUT2D eigenvalue weighted by Gasteiger charge is -2.14. The van der Waals surface area contributed by atoms with Gasteiger partial charge in [-0.3, -0.25) is 0 Å². The van der Waals surface area contributed by atoms with Crippen LogP contribution in [0.1, 0.15) is 20.3 Å². The molecule has 0 amide bonds. The first-order valence-electron chi connectivity index (χ1n) is 6.22. The van der Waals surface area contributed by atoms with Crippen LogP contribution in [0.2, 0.25) is 0 Å². The largest absolute Gasteiger partial charge is 0.380 e. The molecule has 1 unspecified atom stereocenters. The van der Waals surface area contributed by atoms with E-state index < -0.39 is 10.0 Å². The molecule has 0 fully saturated rings. The Kier molecular flexibility index (Phi) is 6.20. The van der Waals surface area contributed by atoms with Gasteiger partial charge in [0, 0.05) is 26.4 Å². The Morgan fingerprint density at radius 3 is 2.84 bits per heavy atom. The molecule has 108 valence electrons. The summed E-state index contributed by atoms with van der Waals surface area (Å²) in [5, 5.41) is 3.01. The van der Waals surface area contributed by atoms with Crippen LogP contribution < -0.4 is 10.0 Å². The molecule has 1 aromatic rings. The van der Waals surface area contributed by atoms with Gasteiger partial charge in [-0.2, -0.15) is 0 Å². The summed E-state index contributed by atoms with van der Waals surface area (Å²) in [6, 6.07) is 3.14. The highest BCUT2D eigenvalue weighted by atomic mass is 32.2. The van der Waals surface area contributed by atoms with Crippen LogP contribution in [0.15, 0.2) is 23.2 Å². The quantitative estimate of drug-likeness (QED) is 0.751. The third-order valence-corrected chi connectivity index (χ3v) is 4.02. The Labute approximate surface area is 114 Å². The monoisotopic (exact) mass is 287 g/mol. The summed E-state index contributed by atoms with van der Waals surface area (Å²) < 4.78 is 31.9. The van der Waals surface area contributed by atoms with Crippen LogP contribution in [0.4, 0.5) is 5.82 Å². The standard InChI is InChI=1S/C12H21N3O3S/c1-4-7-13-12-11(6-5-8-14-12)19(16,17)15-9-10(2)18-3/h5-6,8,10,15H,4,7,9H2,1-3H3,(H,13,14). The number of aromatic nitrogens is 1. The lowest BCUT2D eigenvalue weighted by molar-refractivity contribution is 0.122. The molecule has 1 aromatic heterocycles. The molecule has 7 heteroatoms. The number of ether oxygens (including phenoxy) is 1. The van der Waals surface area contributed by atoms with E-state index in [0.717, 1.165) is 6.42 Å². The molecule has 0 saturated heterocycles. The molecular weight excluding hydrogens is 266 g/mol. The van der Waals surface area contributed by atoms with Crippen molar-refractivity contribution in [3.63, 3.8) is 0 Å². The summed E-state index contributed by atoms with van der Waals surface area (Å²) in [6.07, 6.45) is 2.28. The Balaban J connectivity index is 2.88. The zero-order chi connectivity index (χ0) is 14.3. The van der Waals surface area contributed by atoms with Crippen molar-refractivity contribution >= 4 is 15.8 Å². The predicted octanol–water partition coefficient (Wildman–Crippen LogP) is 1.22. The van der Waals surface area contributed by atoms with Gasteiger partial charge in [0.25, 0.3) is 0 Å². The molecule has 1 heterocycles. The van der Waals surface area contributed by atoms with Gasteiger partial charge in [0.15, 0.2) is 0 Å². The second-order valence-corrected chi connectivity index (χ2v) is 5.91. The van der Waals surface area contributed by atoms with E-state index in [4.69, 9.17) is 4.74 Å². The highest BCUT2D eigenvalue weighted by Gasteiger charge is 2.19. The lowest BCUT2D eigenvalue weighted by atomic mass is 10.4. The number of hydrogen-bond donors (Lipinski definition) is 2. The van der Waals surface area contributed by atoms with Crippen LogP contribution in [0, 0.1) is 0 Å². The van der Waals surface area contributed by atoms with Gasteiger partial charge in [-0.15, -0.1) is 0 Å². The summed E-state index contributed by atoms with van der Waals surface area (Å²) in [4.78, 5) is 4.23. The minimum absolute atomic E-state index is 0.159. The summed E-state index contributed by atoms with van der Waals surface area (Å²) in [7, 11) is -2.04. The third kappa shape index (κ3) is 4.77. The van der Waals surface area contributed by atoms with Crippen LogP contribution >= 0.6 is 0 Å². The van der Waals surface area contributed by atoms with E-state index in [0.29, 0.717) is 12.4 Å². The van der Waals surface area contributed by atoms with Gasteiger partial charge in [0.05, 0.1) is 6.10 Å². The maximum absolute atomic E-state index is 12.2. The third-order valence-electron chi connectivity index (χ3n) is 2.57. The molecule has 0 aliphatic rings. The molecule has 0 aliphatic heterocycles. The van der Waals surface area contributed by atoms with Gasteiger partial charge in [-0.1, -0.05) is 6.92 Å². The Morgan fingerprint density at radius 1 is 1.47 bits per heavy atom. The Hall–Kier alpha value is -1.18. The number of nitrogens with one attached hydrogen (secondary N) is 2. The van der Waals surface area contributed by atoms with E-state index in [9.17, 15) is 8.42 Å². The van der Waals surface area contributed by atoms with E-state index in [1.807, 2.05) is 6.92 Å². The summed E-state index contributed by atoms with van der Waals surface area (Å²) in [5.41, 5.74) is 0. The van der Waals surface area contributed by atoms with E-state index in [1.165, 1.54) is 13.2 Å². The summed E-state index contributed by atoms with van der Waals surface area (Å²) >= 11 is 0. The fourth-order valence-corrected chi connectivity index (χ4v) is 2.62. The van der Waals surface area contributed by atoms with Crippen LogP contribution in [0.5, 0.6) is 0 Å². The highest BCUT2D eigenvalue weighted by molar-refractivity contribution is 7.89. The lowest BCUT2D eigenvalue weighted by Crippen LogP contribution is -2.32. The molecule has 2 N–H and O–H groups in total. The molecule has 0 bridgehead atoms. The average Bonchev–Trinajstić information content (AvgIpc) is 2.42. The number of anilines is 1. The number of pyridine rings is 1. The van der Waals surface area contributed by atoms with Gasteiger partial charge in [0.2, 0.25) is 10.0 Å². The molecule has 1 atom stereocenters. The average molecular weight is 287 g/mol. The van der Waals surface area contributed by atoms with Crippen molar-refractivity contribution < 1.29 is 13.2 Å². The highest BCUT2D eigenvalue weighted by Crippen LogP contribution is 2.17. The van der Waals surface area contributed by atoms with Crippen LogP contribution in [-0.4, -0.2) is 39.7 Å². The number of methoxy groups -OCH3 is 1. The number of sulfonamides is 1. The zero-order valence-electron chi connectivity index (χ0n) is 11.5. The fourth-order valence-electron chi connectivity index (χ4n) is 1.37. The van der Waals surface area contributed by atoms with Crippen molar-refractivity contribution in [3.8, 4) is 0 Å². The number of nitrogens with zero attached hydrogens (tertiary/aromatic N) is 1. The van der Waals surface area contributed by atoms with Crippen LogP contribution in [-0.2, 0) is 14.8 Å². The molecule has 19 heavy (non-hydrogen) atoms. The van der Waals surface area contributed by atoms with E-state index >= 15 is 0 Å². The van der Waals surface area contributed by atoms with Crippen LogP contribution in [0.3, 0.4) is 0 Å². The fraction of sp³-hybridized carbons (Fsp3) is 0.583. The first kappa shape index (κ1) is 15.9. The van der Waals surface area contributed by atoms with E-state index in [2.05, 4.69) is 15.0 Å². The zero-order valence-corrected chi connectivity index (χ0v) is 12.3. The van der Waals surface area contributed by atoms with Gasteiger partial charge >= 0.3 is 0 Å².